The molecule has 1 heterocycles. The standard InChI is InChI=1S/C7H12BrN3/c1-5(3-9)11-6(2)7(8)4-10-11/h4-5H,3,9H2,1-2H3. The Balaban J connectivity index is 2.94. The molecule has 62 valence electrons. The van der Waals surface area contributed by atoms with Crippen molar-refractivity contribution in [2.75, 3.05) is 6.54 Å². The van der Waals surface area contributed by atoms with Crippen molar-refractivity contribution in [2.24, 2.45) is 5.73 Å². The van der Waals surface area contributed by atoms with Crippen LogP contribution in [-0.2, 0) is 0 Å². The van der Waals surface area contributed by atoms with Gasteiger partial charge in [-0.1, -0.05) is 0 Å². The Morgan fingerprint density at radius 1 is 1.82 bits per heavy atom. The van der Waals surface area contributed by atoms with Crippen LogP contribution in [0.5, 0.6) is 0 Å². The van der Waals surface area contributed by atoms with Crippen molar-refractivity contribution in [3.05, 3.63) is 16.4 Å². The molecule has 11 heavy (non-hydrogen) atoms. The molecule has 0 aromatic carbocycles. The van der Waals surface area contributed by atoms with E-state index in [-0.39, 0.29) is 6.04 Å². The van der Waals surface area contributed by atoms with E-state index in [4.69, 9.17) is 5.73 Å². The lowest BCUT2D eigenvalue weighted by Gasteiger charge is -2.10. The van der Waals surface area contributed by atoms with Gasteiger partial charge in [0.15, 0.2) is 0 Å². The fraction of sp³-hybridized carbons (Fsp3) is 0.571. The van der Waals surface area contributed by atoms with Gasteiger partial charge in [-0.3, -0.25) is 4.68 Å². The molecule has 3 nitrogen and oxygen atoms in total. The summed E-state index contributed by atoms with van der Waals surface area (Å²) >= 11 is 3.39. The molecule has 0 spiro atoms. The summed E-state index contributed by atoms with van der Waals surface area (Å²) < 4.78 is 2.96. The van der Waals surface area contributed by atoms with Crippen molar-refractivity contribution < 1.29 is 0 Å². The second-order valence-corrected chi connectivity index (χ2v) is 3.46. The number of halogens is 1. The molecule has 2 N–H and O–H groups in total. The molecular formula is C7H12BrN3. The van der Waals surface area contributed by atoms with Gasteiger partial charge in [0, 0.05) is 12.2 Å². The van der Waals surface area contributed by atoms with Crippen molar-refractivity contribution in [3.8, 4) is 0 Å². The van der Waals surface area contributed by atoms with Gasteiger partial charge in [-0.25, -0.2) is 0 Å². The van der Waals surface area contributed by atoms with E-state index >= 15 is 0 Å². The SMILES string of the molecule is Cc1c(Br)cnn1C(C)CN. The number of hydrogen-bond donors (Lipinski definition) is 1. The van der Waals surface area contributed by atoms with E-state index in [1.54, 1.807) is 6.20 Å². The average Bonchev–Trinajstić information content (AvgIpc) is 2.32. The van der Waals surface area contributed by atoms with Gasteiger partial charge >= 0.3 is 0 Å². The summed E-state index contributed by atoms with van der Waals surface area (Å²) in [6.07, 6.45) is 1.79. The van der Waals surface area contributed by atoms with Gasteiger partial charge in [0.1, 0.15) is 0 Å². The van der Waals surface area contributed by atoms with E-state index in [9.17, 15) is 0 Å². The van der Waals surface area contributed by atoms with Gasteiger partial charge in [0.25, 0.3) is 0 Å². The number of nitrogens with zero attached hydrogens (tertiary/aromatic N) is 2. The predicted octanol–water partition coefficient (Wildman–Crippen LogP) is 1.47. The summed E-state index contributed by atoms with van der Waals surface area (Å²) in [5, 5.41) is 4.18. The molecule has 0 aliphatic heterocycles. The molecule has 0 saturated carbocycles. The first-order chi connectivity index (χ1) is 5.16. The highest BCUT2D eigenvalue weighted by atomic mass is 79.9. The van der Waals surface area contributed by atoms with Crippen LogP contribution in [0.2, 0.25) is 0 Å². The Labute approximate surface area is 74.7 Å². The Kier molecular flexibility index (Phi) is 2.67. The molecule has 0 aliphatic carbocycles. The van der Waals surface area contributed by atoms with E-state index in [2.05, 4.69) is 21.0 Å². The van der Waals surface area contributed by atoms with E-state index in [1.807, 2.05) is 18.5 Å². The topological polar surface area (TPSA) is 43.8 Å². The van der Waals surface area contributed by atoms with Crippen LogP contribution in [0.1, 0.15) is 18.7 Å². The van der Waals surface area contributed by atoms with Gasteiger partial charge in [-0.15, -0.1) is 0 Å². The molecule has 4 heteroatoms. The second kappa shape index (κ2) is 3.36. The van der Waals surface area contributed by atoms with E-state index in [1.165, 1.54) is 0 Å². The Hall–Kier alpha value is -0.350. The lowest BCUT2D eigenvalue weighted by Crippen LogP contribution is -2.18. The molecule has 1 atom stereocenters. The molecule has 1 aromatic heterocycles. The third-order valence-electron chi connectivity index (χ3n) is 1.74. The number of aromatic nitrogens is 2. The smallest absolute Gasteiger partial charge is 0.0635 e. The van der Waals surface area contributed by atoms with E-state index in [0.29, 0.717) is 6.54 Å². The minimum absolute atomic E-state index is 0.279. The van der Waals surface area contributed by atoms with Crippen molar-refractivity contribution >= 4 is 15.9 Å². The summed E-state index contributed by atoms with van der Waals surface area (Å²) in [6.45, 7) is 4.69. The van der Waals surface area contributed by atoms with Crippen molar-refractivity contribution in [2.45, 2.75) is 19.9 Å². The van der Waals surface area contributed by atoms with Crippen LogP contribution in [0.25, 0.3) is 0 Å². The highest BCUT2D eigenvalue weighted by Crippen LogP contribution is 2.17. The summed E-state index contributed by atoms with van der Waals surface area (Å²) in [6, 6.07) is 0.279. The van der Waals surface area contributed by atoms with Crippen LogP contribution >= 0.6 is 15.9 Å². The monoisotopic (exact) mass is 217 g/mol. The van der Waals surface area contributed by atoms with Gasteiger partial charge in [-0.2, -0.15) is 5.10 Å². The molecule has 0 bridgehead atoms. The van der Waals surface area contributed by atoms with Gasteiger partial charge in [0.05, 0.1) is 16.7 Å². The zero-order valence-electron chi connectivity index (χ0n) is 6.71. The molecule has 0 aliphatic rings. The Bertz CT molecular complexity index is 244. The van der Waals surface area contributed by atoms with Crippen LogP contribution in [0.3, 0.4) is 0 Å². The largest absolute Gasteiger partial charge is 0.328 e. The quantitative estimate of drug-likeness (QED) is 0.816. The average molecular weight is 218 g/mol. The predicted molar refractivity (Wildman–Crippen MR) is 48.4 cm³/mol. The van der Waals surface area contributed by atoms with Gasteiger partial charge in [0.2, 0.25) is 0 Å². The number of nitrogens with two attached hydrogens (primary N) is 1. The lowest BCUT2D eigenvalue weighted by atomic mass is 10.3. The van der Waals surface area contributed by atoms with Crippen molar-refractivity contribution in [1.82, 2.24) is 9.78 Å². The maximum Gasteiger partial charge on any atom is 0.0635 e. The Morgan fingerprint density at radius 2 is 2.45 bits per heavy atom. The summed E-state index contributed by atoms with van der Waals surface area (Å²) in [5.41, 5.74) is 6.63. The van der Waals surface area contributed by atoms with Crippen LogP contribution in [-0.4, -0.2) is 16.3 Å². The van der Waals surface area contributed by atoms with Gasteiger partial charge < -0.3 is 5.73 Å². The Morgan fingerprint density at radius 3 is 2.82 bits per heavy atom. The summed E-state index contributed by atoms with van der Waals surface area (Å²) in [5.74, 6) is 0. The third kappa shape index (κ3) is 1.62. The zero-order valence-corrected chi connectivity index (χ0v) is 8.30. The minimum atomic E-state index is 0.279. The van der Waals surface area contributed by atoms with Crippen LogP contribution in [0, 0.1) is 6.92 Å². The summed E-state index contributed by atoms with van der Waals surface area (Å²) in [4.78, 5) is 0. The first-order valence-electron chi connectivity index (χ1n) is 3.56. The van der Waals surface area contributed by atoms with Gasteiger partial charge in [-0.05, 0) is 29.8 Å². The van der Waals surface area contributed by atoms with E-state index in [0.717, 1.165) is 10.2 Å². The maximum absolute atomic E-state index is 5.51. The number of hydrogen-bond acceptors (Lipinski definition) is 2. The fourth-order valence-corrected chi connectivity index (χ4v) is 1.22. The molecule has 0 saturated heterocycles. The minimum Gasteiger partial charge on any atom is -0.328 e. The summed E-state index contributed by atoms with van der Waals surface area (Å²) in [7, 11) is 0. The third-order valence-corrected chi connectivity index (χ3v) is 2.52. The normalized spacial score (nSPS) is 13.5. The molecule has 1 aromatic rings. The molecule has 1 unspecified atom stereocenters. The molecule has 0 radical (unpaired) electrons. The molecule has 0 amide bonds. The highest BCUT2D eigenvalue weighted by Gasteiger charge is 2.07. The van der Waals surface area contributed by atoms with Crippen LogP contribution in [0.15, 0.2) is 10.7 Å². The molecule has 0 fully saturated rings. The molecule has 1 rings (SSSR count). The zero-order chi connectivity index (χ0) is 8.43. The highest BCUT2D eigenvalue weighted by molar-refractivity contribution is 9.10. The van der Waals surface area contributed by atoms with Crippen LogP contribution < -0.4 is 5.73 Å². The first kappa shape index (κ1) is 8.74. The fourth-order valence-electron chi connectivity index (χ4n) is 0.947. The van der Waals surface area contributed by atoms with Crippen LogP contribution in [0.4, 0.5) is 0 Å². The lowest BCUT2D eigenvalue weighted by molar-refractivity contribution is 0.489. The number of rotatable bonds is 2. The second-order valence-electron chi connectivity index (χ2n) is 2.61. The van der Waals surface area contributed by atoms with Crippen molar-refractivity contribution in [1.29, 1.82) is 0 Å². The van der Waals surface area contributed by atoms with Crippen molar-refractivity contribution in [3.63, 3.8) is 0 Å². The maximum atomic E-state index is 5.51. The first-order valence-corrected chi connectivity index (χ1v) is 4.35. The molecular weight excluding hydrogens is 206 g/mol. The van der Waals surface area contributed by atoms with E-state index < -0.39 is 0 Å².